The highest BCUT2D eigenvalue weighted by Crippen LogP contribution is 2.27. The molecule has 0 fully saturated rings. The molecule has 10 heteroatoms. The van der Waals surface area contributed by atoms with Gasteiger partial charge in [0.25, 0.3) is 0 Å². The van der Waals surface area contributed by atoms with Crippen molar-refractivity contribution in [2.75, 3.05) is 6.54 Å². The van der Waals surface area contributed by atoms with Crippen molar-refractivity contribution in [3.8, 4) is 9.88 Å². The molecule has 1 unspecified atom stereocenters. The van der Waals surface area contributed by atoms with Gasteiger partial charge in [-0.05, 0) is 11.4 Å². The van der Waals surface area contributed by atoms with Crippen LogP contribution >= 0.6 is 47.5 Å². The molecule has 0 saturated heterocycles. The van der Waals surface area contributed by atoms with Crippen LogP contribution in [0.2, 0.25) is 0 Å². The summed E-state index contributed by atoms with van der Waals surface area (Å²) in [7, 11) is 0. The quantitative estimate of drug-likeness (QED) is 0.609. The Hall–Kier alpha value is -1.45. The van der Waals surface area contributed by atoms with E-state index in [0.29, 0.717) is 6.54 Å². The third-order valence-corrected chi connectivity index (χ3v) is 5.67. The van der Waals surface area contributed by atoms with Crippen LogP contribution in [0.4, 0.5) is 0 Å². The second kappa shape index (κ2) is 8.77. The van der Waals surface area contributed by atoms with E-state index in [1.54, 1.807) is 29.0 Å². The van der Waals surface area contributed by atoms with E-state index in [9.17, 15) is 4.79 Å². The van der Waals surface area contributed by atoms with E-state index < -0.39 is 0 Å². The summed E-state index contributed by atoms with van der Waals surface area (Å²) < 4.78 is 0. The number of nitrogens with zero attached hydrogens (tertiary/aromatic N) is 2. The predicted molar refractivity (Wildman–Crippen MR) is 105 cm³/mol. The first-order chi connectivity index (χ1) is 11.3. The summed E-state index contributed by atoms with van der Waals surface area (Å²) >= 11 is 3.27. The van der Waals surface area contributed by atoms with Gasteiger partial charge in [0.15, 0.2) is 0 Å². The number of rotatable bonds is 4. The van der Waals surface area contributed by atoms with Crippen molar-refractivity contribution in [2.24, 2.45) is 0 Å². The van der Waals surface area contributed by atoms with Gasteiger partial charge in [-0.25, -0.2) is 9.97 Å². The first-order valence-corrected chi connectivity index (χ1v) is 9.09. The number of carbonyl (C=O) groups is 1. The van der Waals surface area contributed by atoms with Crippen LogP contribution in [0.15, 0.2) is 29.2 Å². The number of hydrogen-bond acceptors (Lipinski definition) is 6. The molecule has 1 aliphatic rings. The Bertz CT molecular complexity index is 818. The Labute approximate surface area is 165 Å². The summed E-state index contributed by atoms with van der Waals surface area (Å²) in [6, 6.07) is 3.68. The molecule has 4 rings (SSSR count). The van der Waals surface area contributed by atoms with E-state index in [-0.39, 0.29) is 36.8 Å². The number of hydrogen-bond donors (Lipinski definition) is 3. The number of imidazole rings is 1. The van der Waals surface area contributed by atoms with Crippen molar-refractivity contribution < 1.29 is 4.79 Å². The monoisotopic (exact) mass is 417 g/mol. The number of nitrogens with one attached hydrogen (secondary N) is 3. The fourth-order valence-electron chi connectivity index (χ4n) is 2.62. The van der Waals surface area contributed by atoms with Crippen LogP contribution in [0.25, 0.3) is 9.88 Å². The molecule has 0 radical (unpaired) electrons. The highest BCUT2D eigenvalue weighted by molar-refractivity contribution is 7.20. The highest BCUT2D eigenvalue weighted by Gasteiger charge is 2.28. The number of H-pyrrole nitrogens is 1. The Balaban J connectivity index is 0.00000113. The molecule has 3 aromatic rings. The third-order valence-electron chi connectivity index (χ3n) is 3.74. The normalized spacial score (nSPS) is 15.6. The zero-order chi connectivity index (χ0) is 15.6. The van der Waals surface area contributed by atoms with E-state index in [1.807, 2.05) is 16.8 Å². The van der Waals surface area contributed by atoms with E-state index in [2.05, 4.69) is 31.7 Å². The van der Waals surface area contributed by atoms with Crippen molar-refractivity contribution in [3.63, 3.8) is 0 Å². The predicted octanol–water partition coefficient (Wildman–Crippen LogP) is 2.94. The average Bonchev–Trinajstić information content (AvgIpc) is 3.32. The maximum absolute atomic E-state index is 12.4. The number of carbonyl (C=O) groups excluding carboxylic acids is 1. The summed E-state index contributed by atoms with van der Waals surface area (Å²) in [6.45, 7) is 1.20. The van der Waals surface area contributed by atoms with E-state index in [4.69, 9.17) is 0 Å². The molecule has 3 N–H and O–H groups in total. The molecule has 1 atom stereocenters. The Morgan fingerprint density at radius 2 is 2.24 bits per heavy atom. The maximum Gasteiger partial charge on any atom is 0.243 e. The summed E-state index contributed by atoms with van der Waals surface area (Å²) in [5.41, 5.74) is 2.72. The molecular weight excluding hydrogens is 401 g/mol. The molecule has 0 spiro atoms. The molecule has 25 heavy (non-hydrogen) atoms. The summed E-state index contributed by atoms with van der Waals surface area (Å²) in [4.78, 5) is 25.5. The topological polar surface area (TPSA) is 82.7 Å². The van der Waals surface area contributed by atoms with Gasteiger partial charge in [-0.1, -0.05) is 6.07 Å². The van der Waals surface area contributed by atoms with Gasteiger partial charge >= 0.3 is 0 Å². The zero-order valence-corrected chi connectivity index (χ0v) is 16.3. The van der Waals surface area contributed by atoms with Crippen LogP contribution in [0.3, 0.4) is 0 Å². The summed E-state index contributed by atoms with van der Waals surface area (Å²) in [5, 5.41) is 11.2. The Kier molecular flexibility index (Phi) is 6.97. The molecule has 4 heterocycles. The second-order valence-electron chi connectivity index (χ2n) is 5.24. The lowest BCUT2D eigenvalue weighted by atomic mass is 10.1. The number of aromatic amines is 1. The van der Waals surface area contributed by atoms with Crippen LogP contribution in [-0.2, 0) is 17.8 Å². The average molecular weight is 418 g/mol. The molecule has 0 bridgehead atoms. The van der Waals surface area contributed by atoms with Gasteiger partial charge in [-0.2, -0.15) is 0 Å². The molecule has 6 nitrogen and oxygen atoms in total. The van der Waals surface area contributed by atoms with Crippen LogP contribution in [0.5, 0.6) is 0 Å². The summed E-state index contributed by atoms with van der Waals surface area (Å²) in [5.74, 6) is -0.0660. The second-order valence-corrected chi connectivity index (χ2v) is 7.05. The fourth-order valence-corrected chi connectivity index (χ4v) is 4.25. The highest BCUT2D eigenvalue weighted by atomic mass is 35.5. The van der Waals surface area contributed by atoms with Gasteiger partial charge in [0.1, 0.15) is 11.0 Å². The number of thiophene rings is 1. The van der Waals surface area contributed by atoms with Crippen LogP contribution < -0.4 is 10.6 Å². The first kappa shape index (κ1) is 19.9. The largest absolute Gasteiger partial charge is 0.349 e. The van der Waals surface area contributed by atoms with Crippen molar-refractivity contribution in [3.05, 3.63) is 46.3 Å². The van der Waals surface area contributed by atoms with Gasteiger partial charge in [0.05, 0.1) is 29.1 Å². The number of fused-ring (bicyclic) bond motifs is 1. The molecule has 0 aliphatic carbocycles. The lowest BCUT2D eigenvalue weighted by Gasteiger charge is -2.21. The number of halogens is 2. The SMILES string of the molecule is Cl.Cl.O=C(NCc1csc(-c2cccs2)n1)C1NCCc2[nH]cnc21. The Morgan fingerprint density at radius 1 is 1.36 bits per heavy atom. The van der Waals surface area contributed by atoms with Gasteiger partial charge in [-0.15, -0.1) is 47.5 Å². The van der Waals surface area contributed by atoms with Gasteiger partial charge in [0, 0.05) is 24.0 Å². The zero-order valence-electron chi connectivity index (χ0n) is 13.0. The minimum atomic E-state index is -0.389. The number of thiazole rings is 1. The van der Waals surface area contributed by atoms with Crippen molar-refractivity contribution in [1.29, 1.82) is 0 Å². The first-order valence-electron chi connectivity index (χ1n) is 7.33. The smallest absolute Gasteiger partial charge is 0.243 e. The fraction of sp³-hybridized carbons (Fsp3) is 0.267. The van der Waals surface area contributed by atoms with Gasteiger partial charge in [0.2, 0.25) is 5.91 Å². The molecule has 3 aromatic heterocycles. The van der Waals surface area contributed by atoms with Gasteiger partial charge in [-0.3, -0.25) is 4.79 Å². The lowest BCUT2D eigenvalue weighted by Crippen LogP contribution is -2.41. The molecular formula is C15H17Cl2N5OS2. The van der Waals surface area contributed by atoms with E-state index in [0.717, 1.165) is 39.9 Å². The third kappa shape index (κ3) is 4.21. The molecule has 1 aliphatic heterocycles. The lowest BCUT2D eigenvalue weighted by molar-refractivity contribution is -0.123. The van der Waals surface area contributed by atoms with Crippen molar-refractivity contribution >= 4 is 53.4 Å². The van der Waals surface area contributed by atoms with Gasteiger partial charge < -0.3 is 15.6 Å². The number of amides is 1. The van der Waals surface area contributed by atoms with Crippen LogP contribution in [-0.4, -0.2) is 27.4 Å². The van der Waals surface area contributed by atoms with Crippen molar-refractivity contribution in [1.82, 2.24) is 25.6 Å². The molecule has 0 aromatic carbocycles. The van der Waals surface area contributed by atoms with Crippen LogP contribution in [0, 0.1) is 0 Å². The Morgan fingerprint density at radius 3 is 3.04 bits per heavy atom. The minimum absolute atomic E-state index is 0. The number of aromatic nitrogens is 3. The van der Waals surface area contributed by atoms with E-state index >= 15 is 0 Å². The maximum atomic E-state index is 12.4. The van der Waals surface area contributed by atoms with E-state index in [1.165, 1.54) is 0 Å². The summed E-state index contributed by atoms with van der Waals surface area (Å²) in [6.07, 6.45) is 2.51. The minimum Gasteiger partial charge on any atom is -0.349 e. The van der Waals surface area contributed by atoms with Crippen LogP contribution in [0.1, 0.15) is 23.1 Å². The molecule has 134 valence electrons. The standard InChI is InChI=1S/C15H15N5OS2.2ClH/c21-14(13-12-10(3-4-16-13)18-8-19-12)17-6-9-7-23-15(20-9)11-2-1-5-22-11;;/h1-2,5,7-8,13,16H,3-4,6H2,(H,17,21)(H,18,19);2*1H. The molecule has 0 saturated carbocycles. The van der Waals surface area contributed by atoms with Crippen molar-refractivity contribution in [2.45, 2.75) is 19.0 Å². The molecule has 1 amide bonds.